The molecular formula is C7H8BrNS. The van der Waals surface area contributed by atoms with Crippen molar-refractivity contribution in [2.24, 2.45) is 0 Å². The second kappa shape index (κ2) is 2.64. The first-order chi connectivity index (χ1) is 4.88. The number of rotatable bonds is 0. The third kappa shape index (κ3) is 1.02. The molecule has 3 heteroatoms. The Hall–Kier alpha value is 0.140. The Morgan fingerprint density at radius 3 is 3.30 bits per heavy atom. The summed E-state index contributed by atoms with van der Waals surface area (Å²) in [5, 5.41) is 5.52. The molecule has 0 unspecified atom stereocenters. The van der Waals surface area contributed by atoms with E-state index >= 15 is 0 Å². The van der Waals surface area contributed by atoms with Gasteiger partial charge >= 0.3 is 0 Å². The molecule has 0 bridgehead atoms. The van der Waals surface area contributed by atoms with Crippen LogP contribution in [0.1, 0.15) is 10.4 Å². The van der Waals surface area contributed by atoms with Crippen LogP contribution in [0.2, 0.25) is 0 Å². The fourth-order valence-corrected chi connectivity index (χ4v) is 3.00. The largest absolute Gasteiger partial charge is 0.312 e. The van der Waals surface area contributed by atoms with Crippen molar-refractivity contribution in [2.75, 3.05) is 6.54 Å². The van der Waals surface area contributed by atoms with Crippen molar-refractivity contribution in [3.63, 3.8) is 0 Å². The van der Waals surface area contributed by atoms with Crippen molar-refractivity contribution >= 4 is 27.3 Å². The van der Waals surface area contributed by atoms with E-state index in [-0.39, 0.29) is 0 Å². The molecular weight excluding hydrogens is 210 g/mol. The van der Waals surface area contributed by atoms with Crippen LogP contribution in [0.3, 0.4) is 0 Å². The highest BCUT2D eigenvalue weighted by Crippen LogP contribution is 2.29. The fraction of sp³-hybridized carbons (Fsp3) is 0.429. The van der Waals surface area contributed by atoms with Crippen molar-refractivity contribution < 1.29 is 0 Å². The SMILES string of the molecule is Brc1csc2c1CCNC2. The topological polar surface area (TPSA) is 12.0 Å². The van der Waals surface area contributed by atoms with Gasteiger partial charge < -0.3 is 5.32 Å². The summed E-state index contributed by atoms with van der Waals surface area (Å²) in [4.78, 5) is 1.50. The summed E-state index contributed by atoms with van der Waals surface area (Å²) >= 11 is 5.38. The normalized spacial score (nSPS) is 16.9. The molecule has 0 atom stereocenters. The second-order valence-electron chi connectivity index (χ2n) is 2.41. The number of fused-ring (bicyclic) bond motifs is 1. The zero-order chi connectivity index (χ0) is 6.97. The maximum absolute atomic E-state index is 3.53. The van der Waals surface area contributed by atoms with Gasteiger partial charge in [-0.05, 0) is 34.5 Å². The van der Waals surface area contributed by atoms with Gasteiger partial charge in [0, 0.05) is 21.3 Å². The molecule has 1 aliphatic rings. The fourth-order valence-electron chi connectivity index (χ4n) is 1.22. The van der Waals surface area contributed by atoms with E-state index < -0.39 is 0 Å². The third-order valence-electron chi connectivity index (χ3n) is 1.77. The first-order valence-electron chi connectivity index (χ1n) is 3.33. The van der Waals surface area contributed by atoms with Gasteiger partial charge in [0.2, 0.25) is 0 Å². The number of halogens is 1. The molecule has 1 aliphatic heterocycles. The Morgan fingerprint density at radius 1 is 1.60 bits per heavy atom. The van der Waals surface area contributed by atoms with E-state index in [1.54, 1.807) is 0 Å². The van der Waals surface area contributed by atoms with Crippen LogP contribution in [0.5, 0.6) is 0 Å². The zero-order valence-corrected chi connectivity index (χ0v) is 7.89. The van der Waals surface area contributed by atoms with Crippen LogP contribution in [-0.2, 0) is 13.0 Å². The van der Waals surface area contributed by atoms with Crippen LogP contribution in [0.15, 0.2) is 9.85 Å². The van der Waals surface area contributed by atoms with Crippen LogP contribution in [0.25, 0.3) is 0 Å². The summed E-state index contributed by atoms with van der Waals surface area (Å²) in [6, 6.07) is 0. The average molecular weight is 218 g/mol. The van der Waals surface area contributed by atoms with Crippen LogP contribution in [-0.4, -0.2) is 6.54 Å². The smallest absolute Gasteiger partial charge is 0.0318 e. The minimum atomic E-state index is 1.06. The summed E-state index contributed by atoms with van der Waals surface area (Å²) in [7, 11) is 0. The number of hydrogen-bond donors (Lipinski definition) is 1. The van der Waals surface area contributed by atoms with Crippen LogP contribution in [0.4, 0.5) is 0 Å². The molecule has 1 nitrogen and oxygen atoms in total. The van der Waals surface area contributed by atoms with E-state index in [2.05, 4.69) is 26.6 Å². The lowest BCUT2D eigenvalue weighted by atomic mass is 10.1. The van der Waals surface area contributed by atoms with Crippen molar-refractivity contribution in [1.82, 2.24) is 5.32 Å². The Morgan fingerprint density at radius 2 is 2.50 bits per heavy atom. The van der Waals surface area contributed by atoms with Gasteiger partial charge in [-0.15, -0.1) is 11.3 Å². The average Bonchev–Trinajstić information content (AvgIpc) is 2.34. The summed E-state index contributed by atoms with van der Waals surface area (Å²) in [6.45, 7) is 2.19. The predicted octanol–water partition coefficient (Wildman–Crippen LogP) is 2.16. The van der Waals surface area contributed by atoms with E-state index in [0.29, 0.717) is 0 Å². The number of thiophene rings is 1. The standard InChI is InChI=1S/C7H8BrNS/c8-6-4-10-7-3-9-2-1-5(6)7/h4,9H,1-3H2. The summed E-state index contributed by atoms with van der Waals surface area (Å²) < 4.78 is 1.30. The summed E-state index contributed by atoms with van der Waals surface area (Å²) in [6.07, 6.45) is 1.18. The molecule has 54 valence electrons. The minimum absolute atomic E-state index is 1.06. The molecule has 0 saturated heterocycles. The number of nitrogens with one attached hydrogen (secondary N) is 1. The van der Waals surface area contributed by atoms with Crippen LogP contribution in [0, 0.1) is 0 Å². The molecule has 1 N–H and O–H groups in total. The predicted molar refractivity (Wildman–Crippen MR) is 47.4 cm³/mol. The lowest BCUT2D eigenvalue weighted by Gasteiger charge is -2.12. The van der Waals surface area contributed by atoms with E-state index in [0.717, 1.165) is 13.1 Å². The molecule has 2 heterocycles. The second-order valence-corrected chi connectivity index (χ2v) is 4.23. The van der Waals surface area contributed by atoms with Gasteiger partial charge in [-0.1, -0.05) is 0 Å². The maximum atomic E-state index is 3.53. The molecule has 2 rings (SSSR count). The zero-order valence-electron chi connectivity index (χ0n) is 5.48. The molecule has 10 heavy (non-hydrogen) atoms. The monoisotopic (exact) mass is 217 g/mol. The van der Waals surface area contributed by atoms with Gasteiger partial charge in [0.25, 0.3) is 0 Å². The Labute approximate surface area is 72.6 Å². The Bertz CT molecular complexity index is 244. The third-order valence-corrected chi connectivity index (χ3v) is 3.81. The van der Waals surface area contributed by atoms with Gasteiger partial charge in [-0.3, -0.25) is 0 Å². The summed E-state index contributed by atoms with van der Waals surface area (Å²) in [5.41, 5.74) is 1.52. The first-order valence-corrected chi connectivity index (χ1v) is 5.00. The van der Waals surface area contributed by atoms with Gasteiger partial charge in [-0.25, -0.2) is 0 Å². The quantitative estimate of drug-likeness (QED) is 0.703. The minimum Gasteiger partial charge on any atom is -0.312 e. The maximum Gasteiger partial charge on any atom is 0.0318 e. The molecule has 0 saturated carbocycles. The van der Waals surface area contributed by atoms with Crippen molar-refractivity contribution in [1.29, 1.82) is 0 Å². The van der Waals surface area contributed by atoms with E-state index in [4.69, 9.17) is 0 Å². The highest BCUT2D eigenvalue weighted by molar-refractivity contribution is 9.10. The lowest BCUT2D eigenvalue weighted by Crippen LogP contribution is -2.21. The van der Waals surface area contributed by atoms with Crippen molar-refractivity contribution in [2.45, 2.75) is 13.0 Å². The lowest BCUT2D eigenvalue weighted by molar-refractivity contribution is 0.653. The molecule has 0 aromatic carbocycles. The Balaban J connectivity index is 2.45. The molecule has 0 spiro atoms. The van der Waals surface area contributed by atoms with E-state index in [1.165, 1.54) is 21.3 Å². The van der Waals surface area contributed by atoms with Crippen molar-refractivity contribution in [3.05, 3.63) is 20.3 Å². The molecule has 0 aliphatic carbocycles. The molecule has 1 aromatic rings. The summed E-state index contributed by atoms with van der Waals surface area (Å²) in [5.74, 6) is 0. The number of hydrogen-bond acceptors (Lipinski definition) is 2. The molecule has 1 aromatic heterocycles. The van der Waals surface area contributed by atoms with Crippen LogP contribution < -0.4 is 5.32 Å². The molecule has 0 amide bonds. The van der Waals surface area contributed by atoms with E-state index in [1.807, 2.05) is 11.3 Å². The van der Waals surface area contributed by atoms with Gasteiger partial charge in [0.1, 0.15) is 0 Å². The highest BCUT2D eigenvalue weighted by Gasteiger charge is 2.12. The Kier molecular flexibility index (Phi) is 1.80. The van der Waals surface area contributed by atoms with Gasteiger partial charge in [0.05, 0.1) is 0 Å². The highest BCUT2D eigenvalue weighted by atomic mass is 79.9. The van der Waals surface area contributed by atoms with E-state index in [9.17, 15) is 0 Å². The first kappa shape index (κ1) is 6.83. The van der Waals surface area contributed by atoms with Crippen molar-refractivity contribution in [3.8, 4) is 0 Å². The van der Waals surface area contributed by atoms with Gasteiger partial charge in [0.15, 0.2) is 0 Å². The van der Waals surface area contributed by atoms with Gasteiger partial charge in [-0.2, -0.15) is 0 Å². The molecule has 0 radical (unpaired) electrons. The van der Waals surface area contributed by atoms with Crippen LogP contribution >= 0.6 is 27.3 Å². The molecule has 0 fully saturated rings.